The van der Waals surface area contributed by atoms with Crippen molar-refractivity contribution in [3.05, 3.63) is 35.4 Å². The number of carbonyl (C=O) groups is 1. The summed E-state index contributed by atoms with van der Waals surface area (Å²) in [5.74, 6) is -1.62. The molecule has 2 atom stereocenters. The lowest BCUT2D eigenvalue weighted by Crippen LogP contribution is -2.41. The second kappa shape index (κ2) is 4.89. The van der Waals surface area contributed by atoms with Crippen molar-refractivity contribution in [3.8, 4) is 0 Å². The Kier molecular flexibility index (Phi) is 3.22. The van der Waals surface area contributed by atoms with Crippen LogP contribution in [-0.2, 0) is 0 Å². The standard InChI is InChI=1S/C14H16F2N2O/c15-11-4-3-9(6-12(11)16)14(19)18-7-10-2-1-5-17-13(10)8-18/h3-4,6,10,13,17H,1-2,5,7-8H2. The highest BCUT2D eigenvalue weighted by Crippen LogP contribution is 2.26. The van der Waals surface area contributed by atoms with Crippen LogP contribution in [0.1, 0.15) is 23.2 Å². The van der Waals surface area contributed by atoms with E-state index in [4.69, 9.17) is 0 Å². The third-order valence-electron chi connectivity index (χ3n) is 4.05. The number of hydrogen-bond donors (Lipinski definition) is 1. The zero-order valence-electron chi connectivity index (χ0n) is 10.5. The largest absolute Gasteiger partial charge is 0.337 e. The summed E-state index contributed by atoms with van der Waals surface area (Å²) in [4.78, 5) is 14.0. The maximum atomic E-state index is 13.2. The van der Waals surface area contributed by atoms with E-state index >= 15 is 0 Å². The van der Waals surface area contributed by atoms with Gasteiger partial charge >= 0.3 is 0 Å². The molecular formula is C14H16F2N2O. The van der Waals surface area contributed by atoms with Crippen LogP contribution < -0.4 is 5.32 Å². The summed E-state index contributed by atoms with van der Waals surface area (Å²) < 4.78 is 26.0. The molecule has 19 heavy (non-hydrogen) atoms. The topological polar surface area (TPSA) is 32.3 Å². The van der Waals surface area contributed by atoms with Crippen LogP contribution in [-0.4, -0.2) is 36.5 Å². The van der Waals surface area contributed by atoms with E-state index in [0.717, 1.165) is 31.5 Å². The Labute approximate surface area is 110 Å². The lowest BCUT2D eigenvalue weighted by molar-refractivity contribution is 0.0785. The van der Waals surface area contributed by atoms with Gasteiger partial charge in [-0.25, -0.2) is 8.78 Å². The van der Waals surface area contributed by atoms with Gasteiger partial charge in [-0.2, -0.15) is 0 Å². The van der Waals surface area contributed by atoms with Crippen LogP contribution in [0.5, 0.6) is 0 Å². The molecule has 2 saturated heterocycles. The molecule has 0 saturated carbocycles. The SMILES string of the molecule is O=C(c1ccc(F)c(F)c1)N1CC2CCCNC2C1. The molecule has 2 unspecified atom stereocenters. The third-order valence-corrected chi connectivity index (χ3v) is 4.05. The average molecular weight is 266 g/mol. The number of piperidine rings is 1. The third kappa shape index (κ3) is 2.34. The molecule has 0 radical (unpaired) electrons. The smallest absolute Gasteiger partial charge is 0.254 e. The van der Waals surface area contributed by atoms with Crippen molar-refractivity contribution >= 4 is 5.91 Å². The van der Waals surface area contributed by atoms with E-state index in [2.05, 4.69) is 5.32 Å². The number of rotatable bonds is 1. The van der Waals surface area contributed by atoms with E-state index in [-0.39, 0.29) is 11.5 Å². The first-order valence-corrected chi connectivity index (χ1v) is 6.63. The minimum Gasteiger partial charge on any atom is -0.337 e. The van der Waals surface area contributed by atoms with Gasteiger partial charge in [-0.05, 0) is 43.5 Å². The molecule has 3 rings (SSSR count). The van der Waals surface area contributed by atoms with Crippen LogP contribution in [0.3, 0.4) is 0 Å². The van der Waals surface area contributed by atoms with Crippen molar-refractivity contribution in [2.24, 2.45) is 5.92 Å². The molecule has 1 aromatic carbocycles. The summed E-state index contributed by atoms with van der Waals surface area (Å²) in [5, 5.41) is 3.41. The number of halogens is 2. The molecule has 2 fully saturated rings. The molecule has 2 aliphatic heterocycles. The Morgan fingerprint density at radius 3 is 2.84 bits per heavy atom. The van der Waals surface area contributed by atoms with Gasteiger partial charge in [0.05, 0.1) is 0 Å². The van der Waals surface area contributed by atoms with E-state index in [9.17, 15) is 13.6 Å². The van der Waals surface area contributed by atoms with Gasteiger partial charge < -0.3 is 10.2 Å². The highest BCUT2D eigenvalue weighted by atomic mass is 19.2. The molecule has 0 bridgehead atoms. The lowest BCUT2D eigenvalue weighted by Gasteiger charge is -2.24. The highest BCUT2D eigenvalue weighted by Gasteiger charge is 2.36. The maximum Gasteiger partial charge on any atom is 0.254 e. The number of nitrogens with zero attached hydrogens (tertiary/aromatic N) is 1. The van der Waals surface area contributed by atoms with Crippen molar-refractivity contribution in [2.45, 2.75) is 18.9 Å². The molecule has 2 aliphatic rings. The van der Waals surface area contributed by atoms with Crippen LogP contribution >= 0.6 is 0 Å². The van der Waals surface area contributed by atoms with E-state index < -0.39 is 11.6 Å². The molecule has 5 heteroatoms. The average Bonchev–Trinajstić information content (AvgIpc) is 2.85. The predicted octanol–water partition coefficient (Wildman–Crippen LogP) is 1.79. The second-order valence-corrected chi connectivity index (χ2v) is 5.30. The Morgan fingerprint density at radius 2 is 2.11 bits per heavy atom. The lowest BCUT2D eigenvalue weighted by atomic mass is 9.94. The van der Waals surface area contributed by atoms with E-state index in [1.165, 1.54) is 6.07 Å². The Balaban J connectivity index is 1.75. The molecule has 0 aliphatic carbocycles. The van der Waals surface area contributed by atoms with Gasteiger partial charge in [-0.1, -0.05) is 0 Å². The van der Waals surface area contributed by atoms with E-state index in [1.54, 1.807) is 4.90 Å². The maximum absolute atomic E-state index is 13.2. The summed E-state index contributed by atoms with van der Waals surface area (Å²) in [6.07, 6.45) is 2.26. The van der Waals surface area contributed by atoms with E-state index in [1.807, 2.05) is 0 Å². The normalized spacial score (nSPS) is 26.3. The molecule has 102 valence electrons. The first-order chi connectivity index (χ1) is 9.15. The number of likely N-dealkylation sites (tertiary alicyclic amines) is 1. The van der Waals surface area contributed by atoms with Crippen molar-refractivity contribution in [1.82, 2.24) is 10.2 Å². The van der Waals surface area contributed by atoms with Gasteiger partial charge in [0.25, 0.3) is 5.91 Å². The fraction of sp³-hybridized carbons (Fsp3) is 0.500. The van der Waals surface area contributed by atoms with Crippen LogP contribution in [0, 0.1) is 17.6 Å². The molecule has 0 aromatic heterocycles. The zero-order valence-corrected chi connectivity index (χ0v) is 10.5. The number of hydrogen-bond acceptors (Lipinski definition) is 2. The predicted molar refractivity (Wildman–Crippen MR) is 66.8 cm³/mol. The Bertz CT molecular complexity index is 492. The Morgan fingerprint density at radius 1 is 1.26 bits per heavy atom. The number of amides is 1. The molecule has 0 spiro atoms. The number of fused-ring (bicyclic) bond motifs is 1. The first-order valence-electron chi connectivity index (χ1n) is 6.63. The molecule has 1 amide bonds. The van der Waals surface area contributed by atoms with E-state index in [0.29, 0.717) is 25.0 Å². The summed E-state index contributed by atoms with van der Waals surface area (Å²) in [6.45, 7) is 2.35. The molecule has 3 nitrogen and oxygen atoms in total. The molecule has 1 N–H and O–H groups in total. The fourth-order valence-electron chi connectivity index (χ4n) is 3.02. The van der Waals surface area contributed by atoms with Gasteiger partial charge in [0.2, 0.25) is 0 Å². The summed E-state index contributed by atoms with van der Waals surface area (Å²) >= 11 is 0. The van der Waals surface area contributed by atoms with Crippen molar-refractivity contribution < 1.29 is 13.6 Å². The molecule has 2 heterocycles. The minimum absolute atomic E-state index is 0.213. The van der Waals surface area contributed by atoms with Gasteiger partial charge in [0.15, 0.2) is 11.6 Å². The zero-order chi connectivity index (χ0) is 13.4. The summed E-state index contributed by atoms with van der Waals surface area (Å²) in [5.41, 5.74) is 0.220. The first kappa shape index (κ1) is 12.5. The highest BCUT2D eigenvalue weighted by molar-refractivity contribution is 5.94. The fourth-order valence-corrected chi connectivity index (χ4v) is 3.02. The van der Waals surface area contributed by atoms with Gasteiger partial charge in [-0.15, -0.1) is 0 Å². The number of benzene rings is 1. The van der Waals surface area contributed by atoms with Gasteiger partial charge in [0.1, 0.15) is 0 Å². The van der Waals surface area contributed by atoms with Crippen LogP contribution in [0.25, 0.3) is 0 Å². The molecule has 1 aromatic rings. The van der Waals surface area contributed by atoms with Gasteiger partial charge in [0, 0.05) is 24.7 Å². The van der Waals surface area contributed by atoms with Crippen molar-refractivity contribution in [3.63, 3.8) is 0 Å². The quantitative estimate of drug-likeness (QED) is 0.840. The van der Waals surface area contributed by atoms with Crippen molar-refractivity contribution in [2.75, 3.05) is 19.6 Å². The monoisotopic (exact) mass is 266 g/mol. The second-order valence-electron chi connectivity index (χ2n) is 5.30. The number of carbonyl (C=O) groups excluding carboxylic acids is 1. The van der Waals surface area contributed by atoms with Crippen LogP contribution in [0.4, 0.5) is 8.78 Å². The van der Waals surface area contributed by atoms with Crippen LogP contribution in [0.15, 0.2) is 18.2 Å². The summed E-state index contributed by atoms with van der Waals surface area (Å²) in [7, 11) is 0. The van der Waals surface area contributed by atoms with Crippen LogP contribution in [0.2, 0.25) is 0 Å². The van der Waals surface area contributed by atoms with Crippen molar-refractivity contribution in [1.29, 1.82) is 0 Å². The van der Waals surface area contributed by atoms with Gasteiger partial charge in [-0.3, -0.25) is 4.79 Å². The molecular weight excluding hydrogens is 250 g/mol. The number of nitrogens with one attached hydrogen (secondary N) is 1. The minimum atomic E-state index is -0.972. The summed E-state index contributed by atoms with van der Waals surface area (Å²) in [6, 6.07) is 3.68. The Hall–Kier alpha value is -1.49.